The molecule has 1 N–H and O–H groups in total. The van der Waals surface area contributed by atoms with Gasteiger partial charge < -0.3 is 4.98 Å². The molecule has 0 unspecified atom stereocenters. The van der Waals surface area contributed by atoms with Gasteiger partial charge >= 0.3 is 0 Å². The highest BCUT2D eigenvalue weighted by atomic mass is 32.1. The normalized spacial score (nSPS) is 12.4. The summed E-state index contributed by atoms with van der Waals surface area (Å²) >= 11 is 1.93. The molecule has 0 aliphatic rings. The lowest BCUT2D eigenvalue weighted by molar-refractivity contribution is 1.57. The third-order valence-electron chi connectivity index (χ3n) is 6.97. The van der Waals surface area contributed by atoms with Crippen LogP contribution in [-0.4, -0.2) is 4.98 Å². The summed E-state index contributed by atoms with van der Waals surface area (Å²) in [5.74, 6) is 0. The minimum Gasteiger partial charge on any atom is -0.353 e. The van der Waals surface area contributed by atoms with Crippen LogP contribution in [0.25, 0.3) is 74.3 Å². The molecule has 2 aromatic heterocycles. The minimum absolute atomic E-state index is 1.20. The molecule has 1 nitrogen and oxygen atoms in total. The topological polar surface area (TPSA) is 15.8 Å². The molecular weight excluding hydrogens is 406 g/mol. The van der Waals surface area contributed by atoms with E-state index in [9.17, 15) is 0 Å². The standard InChI is InChI=1S/C30H17NS/c1-3-11-19-17(9-1)18-10-2-6-14-22(18)29-26(19)27-21-13-5-4-12-20(21)25-23-15-7-8-16-24(23)31-28(25)30(27)32-29/h1-16,31H. The number of thiophene rings is 1. The second kappa shape index (κ2) is 5.87. The summed E-state index contributed by atoms with van der Waals surface area (Å²) in [6.45, 7) is 0. The number of aromatic amines is 1. The summed E-state index contributed by atoms with van der Waals surface area (Å²) < 4.78 is 2.73. The largest absolute Gasteiger partial charge is 0.353 e. The maximum atomic E-state index is 3.78. The molecule has 2 heteroatoms. The molecule has 32 heavy (non-hydrogen) atoms. The first-order valence-corrected chi connectivity index (χ1v) is 11.8. The Labute approximate surface area is 187 Å². The van der Waals surface area contributed by atoms with E-state index in [1.54, 1.807) is 0 Å². The SMILES string of the molecule is c1ccc2c(c1)[nH]c1c3sc4c5ccccc5c5ccccc5c4c3c3ccccc3c21. The van der Waals surface area contributed by atoms with Crippen molar-refractivity contribution < 1.29 is 0 Å². The highest BCUT2D eigenvalue weighted by molar-refractivity contribution is 7.28. The summed E-state index contributed by atoms with van der Waals surface area (Å²) in [5, 5.41) is 13.4. The van der Waals surface area contributed by atoms with Gasteiger partial charge in [-0.15, -0.1) is 11.3 Å². The van der Waals surface area contributed by atoms with Gasteiger partial charge in [0.05, 0.1) is 10.2 Å². The number of para-hydroxylation sites is 1. The van der Waals surface area contributed by atoms with Crippen molar-refractivity contribution in [3.8, 4) is 0 Å². The van der Waals surface area contributed by atoms with Crippen LogP contribution in [0.15, 0.2) is 97.1 Å². The van der Waals surface area contributed by atoms with E-state index < -0.39 is 0 Å². The first kappa shape index (κ1) is 16.8. The van der Waals surface area contributed by atoms with Crippen LogP contribution < -0.4 is 0 Å². The highest BCUT2D eigenvalue weighted by Gasteiger charge is 2.20. The maximum Gasteiger partial charge on any atom is 0.0653 e. The van der Waals surface area contributed by atoms with Gasteiger partial charge in [0.1, 0.15) is 0 Å². The van der Waals surface area contributed by atoms with E-state index in [1.807, 2.05) is 11.3 Å². The van der Waals surface area contributed by atoms with Gasteiger partial charge in [-0.05, 0) is 33.0 Å². The molecule has 6 aromatic carbocycles. The van der Waals surface area contributed by atoms with Gasteiger partial charge in [0, 0.05) is 37.1 Å². The quantitative estimate of drug-likeness (QED) is 0.234. The predicted octanol–water partition coefficient (Wildman–Crippen LogP) is 9.15. The number of hydrogen-bond donors (Lipinski definition) is 1. The Morgan fingerprint density at radius 3 is 1.59 bits per heavy atom. The fourth-order valence-corrected chi connectivity index (χ4v) is 7.05. The van der Waals surface area contributed by atoms with Gasteiger partial charge in [-0.25, -0.2) is 0 Å². The molecule has 0 spiro atoms. The smallest absolute Gasteiger partial charge is 0.0653 e. The molecule has 148 valence electrons. The molecule has 8 aromatic rings. The molecule has 0 fully saturated rings. The van der Waals surface area contributed by atoms with E-state index in [4.69, 9.17) is 0 Å². The summed E-state index contributed by atoms with van der Waals surface area (Å²) in [6, 6.07) is 35.4. The Hall–Kier alpha value is -3.88. The van der Waals surface area contributed by atoms with E-state index in [1.165, 1.54) is 74.3 Å². The Morgan fingerprint density at radius 1 is 0.406 bits per heavy atom. The van der Waals surface area contributed by atoms with Crippen LogP contribution >= 0.6 is 11.3 Å². The number of benzene rings is 6. The minimum atomic E-state index is 1.20. The lowest BCUT2D eigenvalue weighted by Gasteiger charge is -2.08. The lowest BCUT2D eigenvalue weighted by Crippen LogP contribution is -1.81. The highest BCUT2D eigenvalue weighted by Crippen LogP contribution is 2.49. The number of fused-ring (bicyclic) bond motifs is 15. The monoisotopic (exact) mass is 423 g/mol. The average molecular weight is 424 g/mol. The molecule has 0 saturated carbocycles. The number of H-pyrrole nitrogens is 1. The molecule has 0 saturated heterocycles. The van der Waals surface area contributed by atoms with Crippen LogP contribution in [0.3, 0.4) is 0 Å². The molecule has 0 radical (unpaired) electrons. The van der Waals surface area contributed by atoms with Gasteiger partial charge in [0.15, 0.2) is 0 Å². The van der Waals surface area contributed by atoms with Crippen LogP contribution in [0.5, 0.6) is 0 Å². The van der Waals surface area contributed by atoms with Crippen LogP contribution in [-0.2, 0) is 0 Å². The van der Waals surface area contributed by atoms with Crippen LogP contribution in [0.4, 0.5) is 0 Å². The fraction of sp³-hybridized carbons (Fsp3) is 0. The molecule has 0 bridgehead atoms. The molecule has 8 rings (SSSR count). The first-order chi connectivity index (χ1) is 15.9. The molecule has 0 amide bonds. The number of hydrogen-bond acceptors (Lipinski definition) is 1. The van der Waals surface area contributed by atoms with Crippen molar-refractivity contribution in [2.75, 3.05) is 0 Å². The predicted molar refractivity (Wildman–Crippen MR) is 141 cm³/mol. The fourth-order valence-electron chi connectivity index (χ4n) is 5.67. The Balaban J connectivity index is 1.80. The van der Waals surface area contributed by atoms with E-state index in [0.717, 1.165) is 0 Å². The summed E-state index contributed by atoms with van der Waals surface area (Å²) in [4.78, 5) is 3.78. The molecule has 2 heterocycles. The van der Waals surface area contributed by atoms with E-state index in [-0.39, 0.29) is 0 Å². The van der Waals surface area contributed by atoms with Gasteiger partial charge in [0.2, 0.25) is 0 Å². The molecule has 0 atom stereocenters. The first-order valence-electron chi connectivity index (χ1n) is 11.0. The lowest BCUT2D eigenvalue weighted by atomic mass is 9.94. The Bertz CT molecular complexity index is 2040. The van der Waals surface area contributed by atoms with E-state index >= 15 is 0 Å². The Morgan fingerprint density at radius 2 is 0.875 bits per heavy atom. The van der Waals surface area contributed by atoms with Crippen molar-refractivity contribution >= 4 is 85.6 Å². The zero-order valence-corrected chi connectivity index (χ0v) is 18.0. The van der Waals surface area contributed by atoms with Crippen LogP contribution in [0.2, 0.25) is 0 Å². The zero-order valence-electron chi connectivity index (χ0n) is 17.1. The number of aromatic nitrogens is 1. The second-order valence-corrected chi connectivity index (χ2v) is 9.59. The third kappa shape index (κ3) is 1.94. The summed E-state index contributed by atoms with van der Waals surface area (Å²) in [6.07, 6.45) is 0. The Kier molecular flexibility index (Phi) is 3.08. The van der Waals surface area contributed by atoms with Crippen LogP contribution in [0, 0.1) is 0 Å². The molecule has 0 aliphatic carbocycles. The van der Waals surface area contributed by atoms with Gasteiger partial charge in [0.25, 0.3) is 0 Å². The zero-order chi connectivity index (χ0) is 20.8. The van der Waals surface area contributed by atoms with E-state index in [2.05, 4.69) is 102 Å². The van der Waals surface area contributed by atoms with E-state index in [0.29, 0.717) is 0 Å². The second-order valence-electron chi connectivity index (χ2n) is 8.57. The van der Waals surface area contributed by atoms with Crippen molar-refractivity contribution in [2.24, 2.45) is 0 Å². The van der Waals surface area contributed by atoms with Crippen molar-refractivity contribution in [1.29, 1.82) is 0 Å². The molecular formula is C30H17NS. The van der Waals surface area contributed by atoms with Crippen molar-refractivity contribution in [3.05, 3.63) is 97.1 Å². The number of rotatable bonds is 0. The maximum absolute atomic E-state index is 3.78. The van der Waals surface area contributed by atoms with Gasteiger partial charge in [-0.3, -0.25) is 0 Å². The summed E-state index contributed by atoms with van der Waals surface area (Å²) in [7, 11) is 0. The average Bonchev–Trinajstić information content (AvgIpc) is 3.44. The number of nitrogens with one attached hydrogen (secondary N) is 1. The third-order valence-corrected chi connectivity index (χ3v) is 8.21. The van der Waals surface area contributed by atoms with Crippen LogP contribution in [0.1, 0.15) is 0 Å². The van der Waals surface area contributed by atoms with Crippen molar-refractivity contribution in [1.82, 2.24) is 4.98 Å². The van der Waals surface area contributed by atoms with Gasteiger partial charge in [-0.1, -0.05) is 91.0 Å². The summed E-state index contributed by atoms with van der Waals surface area (Å²) in [5.41, 5.74) is 2.46. The van der Waals surface area contributed by atoms with Crippen molar-refractivity contribution in [3.63, 3.8) is 0 Å². The van der Waals surface area contributed by atoms with Gasteiger partial charge in [-0.2, -0.15) is 0 Å². The van der Waals surface area contributed by atoms with Crippen molar-refractivity contribution in [2.45, 2.75) is 0 Å². The molecule has 0 aliphatic heterocycles.